The molecule has 0 unspecified atom stereocenters. The molecule has 0 bridgehead atoms. The largest absolute Gasteiger partial charge is 0.494 e. The number of Topliss-reactive ketones (excluding diaryl/α,β-unsaturated/α-hetero) is 1. The van der Waals surface area contributed by atoms with Crippen molar-refractivity contribution in [1.29, 1.82) is 0 Å². The van der Waals surface area contributed by atoms with Gasteiger partial charge in [0, 0.05) is 5.56 Å². The van der Waals surface area contributed by atoms with Crippen LogP contribution in [-0.2, 0) is 0 Å². The van der Waals surface area contributed by atoms with Crippen LogP contribution >= 0.6 is 0 Å². The first-order valence-electron chi connectivity index (χ1n) is 5.96. The molecule has 3 nitrogen and oxygen atoms in total. The van der Waals surface area contributed by atoms with E-state index in [2.05, 4.69) is 0 Å². The molecule has 2 aromatic carbocycles. The van der Waals surface area contributed by atoms with Gasteiger partial charge in [-0.15, -0.1) is 0 Å². The van der Waals surface area contributed by atoms with Crippen molar-refractivity contribution in [2.24, 2.45) is 0 Å². The van der Waals surface area contributed by atoms with E-state index in [-0.39, 0.29) is 11.3 Å². The van der Waals surface area contributed by atoms with Gasteiger partial charge in [-0.05, 0) is 30.3 Å². The summed E-state index contributed by atoms with van der Waals surface area (Å²) in [6.45, 7) is -0.608. The molecule has 21 heavy (non-hydrogen) atoms. The third-order valence-electron chi connectivity index (χ3n) is 2.74. The molecule has 110 valence electrons. The van der Waals surface area contributed by atoms with Gasteiger partial charge in [-0.3, -0.25) is 4.79 Å². The molecule has 6 heteroatoms. The van der Waals surface area contributed by atoms with Gasteiger partial charge in [0.2, 0.25) is 0 Å². The zero-order valence-electron chi connectivity index (χ0n) is 11.0. The van der Waals surface area contributed by atoms with Crippen molar-refractivity contribution < 1.29 is 27.4 Å². The summed E-state index contributed by atoms with van der Waals surface area (Å²) in [5.74, 6) is -3.79. The Balaban J connectivity index is 2.10. The number of rotatable bonds is 5. The SMILES string of the molecule is COc1ccc(C(=O)COc2c(F)cccc2F)cc1F. The Morgan fingerprint density at radius 2 is 1.71 bits per heavy atom. The van der Waals surface area contributed by atoms with Gasteiger partial charge in [0.25, 0.3) is 0 Å². The molecule has 0 fully saturated rings. The summed E-state index contributed by atoms with van der Waals surface area (Å²) < 4.78 is 49.6. The predicted molar refractivity (Wildman–Crippen MR) is 69.1 cm³/mol. The van der Waals surface area contributed by atoms with Crippen molar-refractivity contribution in [3.05, 3.63) is 59.4 Å². The Kier molecular flexibility index (Phi) is 4.47. The van der Waals surface area contributed by atoms with E-state index in [4.69, 9.17) is 9.47 Å². The lowest BCUT2D eigenvalue weighted by molar-refractivity contribution is 0.0915. The molecule has 0 aliphatic rings. The van der Waals surface area contributed by atoms with Gasteiger partial charge in [0.15, 0.2) is 41.3 Å². The smallest absolute Gasteiger partial charge is 0.200 e. The first kappa shape index (κ1) is 14.9. The fourth-order valence-electron chi connectivity index (χ4n) is 1.68. The zero-order chi connectivity index (χ0) is 15.4. The van der Waals surface area contributed by atoms with Gasteiger partial charge in [0.1, 0.15) is 0 Å². The Labute approximate surface area is 118 Å². The van der Waals surface area contributed by atoms with Crippen LogP contribution in [0.4, 0.5) is 13.2 Å². The predicted octanol–water partition coefficient (Wildman–Crippen LogP) is 3.37. The second-order valence-corrected chi connectivity index (χ2v) is 4.11. The number of halogens is 3. The lowest BCUT2D eigenvalue weighted by Crippen LogP contribution is -2.13. The fourth-order valence-corrected chi connectivity index (χ4v) is 1.68. The Morgan fingerprint density at radius 3 is 2.29 bits per heavy atom. The summed E-state index contributed by atoms with van der Waals surface area (Å²) in [5, 5.41) is 0. The zero-order valence-corrected chi connectivity index (χ0v) is 11.0. The first-order valence-corrected chi connectivity index (χ1v) is 5.96. The van der Waals surface area contributed by atoms with Gasteiger partial charge >= 0.3 is 0 Å². The number of ether oxygens (including phenoxy) is 2. The maximum absolute atomic E-state index is 13.5. The van der Waals surface area contributed by atoms with Crippen LogP contribution in [-0.4, -0.2) is 19.5 Å². The summed E-state index contributed by atoms with van der Waals surface area (Å²) in [6, 6.07) is 6.80. The van der Waals surface area contributed by atoms with Crippen LogP contribution in [0.3, 0.4) is 0 Å². The molecule has 0 radical (unpaired) electrons. The van der Waals surface area contributed by atoms with Crippen molar-refractivity contribution in [3.63, 3.8) is 0 Å². The number of carbonyl (C=O) groups is 1. The molecule has 0 aliphatic carbocycles. The van der Waals surface area contributed by atoms with Crippen molar-refractivity contribution >= 4 is 5.78 Å². The van der Waals surface area contributed by atoms with Crippen LogP contribution in [0.1, 0.15) is 10.4 Å². The average molecular weight is 296 g/mol. The Morgan fingerprint density at radius 1 is 1.05 bits per heavy atom. The topological polar surface area (TPSA) is 35.5 Å². The number of methoxy groups -OCH3 is 1. The van der Waals surface area contributed by atoms with E-state index in [0.29, 0.717) is 0 Å². The van der Waals surface area contributed by atoms with Gasteiger partial charge in [0.05, 0.1) is 7.11 Å². The minimum Gasteiger partial charge on any atom is -0.494 e. The van der Waals surface area contributed by atoms with Crippen LogP contribution in [0.15, 0.2) is 36.4 Å². The molecule has 0 spiro atoms. The van der Waals surface area contributed by atoms with E-state index >= 15 is 0 Å². The number of ketones is 1. The van der Waals surface area contributed by atoms with Crippen LogP contribution in [0.5, 0.6) is 11.5 Å². The monoisotopic (exact) mass is 296 g/mol. The molecule has 0 amide bonds. The molecule has 0 N–H and O–H groups in total. The highest BCUT2D eigenvalue weighted by Gasteiger charge is 2.14. The van der Waals surface area contributed by atoms with E-state index in [1.54, 1.807) is 0 Å². The van der Waals surface area contributed by atoms with Gasteiger partial charge in [-0.1, -0.05) is 6.07 Å². The lowest BCUT2D eigenvalue weighted by atomic mass is 10.1. The normalized spacial score (nSPS) is 10.3. The maximum atomic E-state index is 13.5. The summed E-state index contributed by atoms with van der Waals surface area (Å²) >= 11 is 0. The van der Waals surface area contributed by atoms with Crippen LogP contribution < -0.4 is 9.47 Å². The third-order valence-corrected chi connectivity index (χ3v) is 2.74. The summed E-state index contributed by atoms with van der Waals surface area (Å²) in [7, 11) is 1.30. The highest BCUT2D eigenvalue weighted by molar-refractivity contribution is 5.97. The Hall–Kier alpha value is -2.50. The van der Waals surface area contributed by atoms with E-state index in [1.165, 1.54) is 25.3 Å². The molecular formula is C15H11F3O3. The van der Waals surface area contributed by atoms with Gasteiger partial charge < -0.3 is 9.47 Å². The number of benzene rings is 2. The van der Waals surface area contributed by atoms with Crippen LogP contribution in [0, 0.1) is 17.5 Å². The highest BCUT2D eigenvalue weighted by atomic mass is 19.1. The standard InChI is InChI=1S/C15H11F3O3/c1-20-14-6-5-9(7-12(14)18)13(19)8-21-15-10(16)3-2-4-11(15)17/h2-7H,8H2,1H3. The first-order chi connectivity index (χ1) is 10.0. The van der Waals surface area contributed by atoms with Gasteiger partial charge in [-0.2, -0.15) is 0 Å². The highest BCUT2D eigenvalue weighted by Crippen LogP contribution is 2.22. The van der Waals surface area contributed by atoms with Crippen molar-refractivity contribution in [2.75, 3.05) is 13.7 Å². The number of para-hydroxylation sites is 1. The lowest BCUT2D eigenvalue weighted by Gasteiger charge is -2.08. The van der Waals surface area contributed by atoms with Crippen LogP contribution in [0.25, 0.3) is 0 Å². The van der Waals surface area contributed by atoms with Crippen LogP contribution in [0.2, 0.25) is 0 Å². The molecule has 0 heterocycles. The third kappa shape index (κ3) is 3.34. The second-order valence-electron chi connectivity index (χ2n) is 4.11. The van der Waals surface area contributed by atoms with Crippen molar-refractivity contribution in [3.8, 4) is 11.5 Å². The summed E-state index contributed by atoms with van der Waals surface area (Å²) in [6.07, 6.45) is 0. The maximum Gasteiger partial charge on any atom is 0.200 e. The summed E-state index contributed by atoms with van der Waals surface area (Å²) in [5.41, 5.74) is 0.0186. The van der Waals surface area contributed by atoms with E-state index in [0.717, 1.165) is 18.2 Å². The molecule has 2 rings (SSSR count). The number of carbonyl (C=O) groups excluding carboxylic acids is 1. The molecule has 0 saturated heterocycles. The summed E-state index contributed by atoms with van der Waals surface area (Å²) in [4.78, 5) is 11.8. The number of hydrogen-bond acceptors (Lipinski definition) is 3. The molecule has 0 atom stereocenters. The minimum absolute atomic E-state index is 0.00684. The van der Waals surface area contributed by atoms with E-state index < -0.39 is 35.6 Å². The molecule has 2 aromatic rings. The molecular weight excluding hydrogens is 285 g/mol. The molecule has 0 saturated carbocycles. The van der Waals surface area contributed by atoms with Crippen molar-refractivity contribution in [1.82, 2.24) is 0 Å². The quantitative estimate of drug-likeness (QED) is 0.794. The second kappa shape index (κ2) is 6.30. The molecule has 0 aliphatic heterocycles. The molecule has 0 aromatic heterocycles. The fraction of sp³-hybridized carbons (Fsp3) is 0.133. The Bertz CT molecular complexity index is 651. The minimum atomic E-state index is -0.913. The van der Waals surface area contributed by atoms with E-state index in [1.807, 2.05) is 0 Å². The van der Waals surface area contributed by atoms with Crippen molar-refractivity contribution in [2.45, 2.75) is 0 Å². The van der Waals surface area contributed by atoms with Gasteiger partial charge in [-0.25, -0.2) is 13.2 Å². The number of hydrogen-bond donors (Lipinski definition) is 0. The average Bonchev–Trinajstić information content (AvgIpc) is 2.46. The van der Waals surface area contributed by atoms with E-state index in [9.17, 15) is 18.0 Å².